The fraction of sp³-hybridized carbons (Fsp3) is 0.500. The van der Waals surface area contributed by atoms with Gasteiger partial charge in [0.1, 0.15) is 0 Å². The minimum atomic E-state index is -3.62. The molecule has 0 aliphatic carbocycles. The summed E-state index contributed by atoms with van der Waals surface area (Å²) in [6, 6.07) is 4.87. The maximum Gasteiger partial charge on any atom is 0.243 e. The number of nitrogens with one attached hydrogen (secondary N) is 1. The quantitative estimate of drug-likeness (QED) is 0.805. The number of nitrogens with two attached hydrogens (primary N) is 1. The van der Waals surface area contributed by atoms with E-state index in [1.807, 2.05) is 0 Å². The standard InChI is InChI=1S/C14H21N3O3S/c1-10-12(15)6-3-7-13(10)21(19,20)17-8-4-5-11(9-17)14(18)16-2/h3,6-7,11H,4-5,8-9,15H2,1-2H3,(H,16,18). The van der Waals surface area contributed by atoms with Crippen LogP contribution in [0.4, 0.5) is 5.69 Å². The number of nitrogen functional groups attached to an aromatic ring is 1. The summed E-state index contributed by atoms with van der Waals surface area (Å²) >= 11 is 0. The van der Waals surface area contributed by atoms with Gasteiger partial charge in [-0.3, -0.25) is 4.79 Å². The highest BCUT2D eigenvalue weighted by Crippen LogP contribution is 2.27. The van der Waals surface area contributed by atoms with Gasteiger partial charge in [-0.1, -0.05) is 6.07 Å². The summed E-state index contributed by atoms with van der Waals surface area (Å²) in [6.45, 7) is 2.35. The highest BCUT2D eigenvalue weighted by molar-refractivity contribution is 7.89. The highest BCUT2D eigenvalue weighted by atomic mass is 32.2. The SMILES string of the molecule is CNC(=O)C1CCCN(S(=O)(=O)c2cccc(N)c2C)C1. The number of hydrogen-bond acceptors (Lipinski definition) is 4. The van der Waals surface area contributed by atoms with Gasteiger partial charge < -0.3 is 11.1 Å². The average Bonchev–Trinajstić information content (AvgIpc) is 2.49. The summed E-state index contributed by atoms with van der Waals surface area (Å²) in [7, 11) is -2.05. The minimum absolute atomic E-state index is 0.112. The van der Waals surface area contributed by atoms with Crippen LogP contribution in [-0.2, 0) is 14.8 Å². The van der Waals surface area contributed by atoms with Crippen LogP contribution in [0.5, 0.6) is 0 Å². The Hall–Kier alpha value is -1.60. The predicted molar refractivity (Wildman–Crippen MR) is 81.1 cm³/mol. The fourth-order valence-electron chi connectivity index (χ4n) is 2.63. The van der Waals surface area contributed by atoms with Crippen LogP contribution in [-0.4, -0.2) is 38.8 Å². The van der Waals surface area contributed by atoms with Crippen molar-refractivity contribution in [3.63, 3.8) is 0 Å². The number of carbonyl (C=O) groups is 1. The topological polar surface area (TPSA) is 92.5 Å². The van der Waals surface area contributed by atoms with E-state index in [1.54, 1.807) is 32.2 Å². The van der Waals surface area contributed by atoms with E-state index < -0.39 is 10.0 Å². The van der Waals surface area contributed by atoms with E-state index in [-0.39, 0.29) is 23.3 Å². The molecule has 1 aliphatic heterocycles. The molecule has 21 heavy (non-hydrogen) atoms. The lowest BCUT2D eigenvalue weighted by atomic mass is 9.99. The van der Waals surface area contributed by atoms with E-state index in [4.69, 9.17) is 5.73 Å². The van der Waals surface area contributed by atoms with Gasteiger partial charge in [0, 0.05) is 25.8 Å². The van der Waals surface area contributed by atoms with E-state index in [2.05, 4.69) is 5.32 Å². The first-order chi connectivity index (χ1) is 9.87. The number of benzene rings is 1. The Morgan fingerprint density at radius 2 is 2.14 bits per heavy atom. The Morgan fingerprint density at radius 3 is 2.81 bits per heavy atom. The second-order valence-electron chi connectivity index (χ2n) is 5.29. The van der Waals surface area contributed by atoms with Crippen molar-refractivity contribution in [3.05, 3.63) is 23.8 Å². The molecule has 1 aromatic rings. The molecule has 1 saturated heterocycles. The highest BCUT2D eigenvalue weighted by Gasteiger charge is 2.33. The third-order valence-electron chi connectivity index (χ3n) is 3.95. The van der Waals surface area contributed by atoms with Gasteiger partial charge in [0.15, 0.2) is 0 Å². The first-order valence-corrected chi connectivity index (χ1v) is 8.38. The van der Waals surface area contributed by atoms with Crippen molar-refractivity contribution in [2.75, 3.05) is 25.9 Å². The van der Waals surface area contributed by atoms with Gasteiger partial charge in [0.25, 0.3) is 0 Å². The third kappa shape index (κ3) is 3.03. The van der Waals surface area contributed by atoms with Crippen LogP contribution in [0.1, 0.15) is 18.4 Å². The van der Waals surface area contributed by atoms with Crippen molar-refractivity contribution in [1.82, 2.24) is 9.62 Å². The van der Waals surface area contributed by atoms with Crippen LogP contribution in [0, 0.1) is 12.8 Å². The first kappa shape index (κ1) is 15.8. The van der Waals surface area contributed by atoms with Crippen LogP contribution < -0.4 is 11.1 Å². The zero-order valence-electron chi connectivity index (χ0n) is 12.3. The summed E-state index contributed by atoms with van der Waals surface area (Å²) < 4.78 is 26.9. The number of rotatable bonds is 3. The van der Waals surface area contributed by atoms with E-state index >= 15 is 0 Å². The van der Waals surface area contributed by atoms with Gasteiger partial charge in [-0.2, -0.15) is 4.31 Å². The second kappa shape index (κ2) is 6.03. The monoisotopic (exact) mass is 311 g/mol. The lowest BCUT2D eigenvalue weighted by Crippen LogP contribution is -2.44. The van der Waals surface area contributed by atoms with Gasteiger partial charge in [-0.25, -0.2) is 8.42 Å². The first-order valence-electron chi connectivity index (χ1n) is 6.94. The van der Waals surface area contributed by atoms with Crippen molar-refractivity contribution in [3.8, 4) is 0 Å². The molecule has 2 rings (SSSR count). The molecule has 1 unspecified atom stereocenters. The van der Waals surface area contributed by atoms with Crippen molar-refractivity contribution in [2.45, 2.75) is 24.7 Å². The molecule has 1 heterocycles. The molecule has 1 aliphatic rings. The molecule has 1 fully saturated rings. The van der Waals surface area contributed by atoms with Crippen LogP contribution >= 0.6 is 0 Å². The van der Waals surface area contributed by atoms with Crippen molar-refractivity contribution < 1.29 is 13.2 Å². The minimum Gasteiger partial charge on any atom is -0.398 e. The zero-order valence-corrected chi connectivity index (χ0v) is 13.1. The molecule has 3 N–H and O–H groups in total. The molecule has 1 atom stereocenters. The number of anilines is 1. The summed E-state index contributed by atoms with van der Waals surface area (Å²) in [5, 5.41) is 2.59. The Bertz CT molecular complexity index is 643. The van der Waals surface area contributed by atoms with E-state index in [0.29, 0.717) is 30.6 Å². The van der Waals surface area contributed by atoms with Crippen LogP contribution in [0.2, 0.25) is 0 Å². The summed E-state index contributed by atoms with van der Waals surface area (Å²) in [6.07, 6.45) is 1.39. The van der Waals surface area contributed by atoms with Gasteiger partial charge in [-0.05, 0) is 37.5 Å². The largest absolute Gasteiger partial charge is 0.398 e. The van der Waals surface area contributed by atoms with Crippen LogP contribution in [0.3, 0.4) is 0 Å². The van der Waals surface area contributed by atoms with Gasteiger partial charge in [0.05, 0.1) is 10.8 Å². The molecule has 0 spiro atoms. The number of piperidine rings is 1. The molecule has 7 heteroatoms. The number of hydrogen-bond donors (Lipinski definition) is 2. The van der Waals surface area contributed by atoms with Gasteiger partial charge >= 0.3 is 0 Å². The molecule has 0 bridgehead atoms. The molecule has 0 saturated carbocycles. The van der Waals surface area contributed by atoms with E-state index in [1.165, 1.54) is 4.31 Å². The van der Waals surface area contributed by atoms with Gasteiger partial charge in [-0.15, -0.1) is 0 Å². The summed E-state index contributed by atoms with van der Waals surface area (Å²) in [5.41, 5.74) is 6.81. The Balaban J connectivity index is 2.31. The van der Waals surface area contributed by atoms with E-state index in [9.17, 15) is 13.2 Å². The smallest absolute Gasteiger partial charge is 0.243 e. The van der Waals surface area contributed by atoms with Crippen molar-refractivity contribution in [1.29, 1.82) is 0 Å². The fourth-order valence-corrected chi connectivity index (χ4v) is 4.41. The van der Waals surface area contributed by atoms with Crippen LogP contribution in [0.25, 0.3) is 0 Å². The second-order valence-corrected chi connectivity index (χ2v) is 7.19. The molecule has 1 amide bonds. The number of sulfonamides is 1. The lowest BCUT2D eigenvalue weighted by Gasteiger charge is -2.31. The van der Waals surface area contributed by atoms with Gasteiger partial charge in [0.2, 0.25) is 15.9 Å². The average molecular weight is 311 g/mol. The Kier molecular flexibility index (Phi) is 4.53. The maximum absolute atomic E-state index is 12.8. The molecular weight excluding hydrogens is 290 g/mol. The van der Waals surface area contributed by atoms with Crippen LogP contribution in [0.15, 0.2) is 23.1 Å². The summed E-state index contributed by atoms with van der Waals surface area (Å²) in [5.74, 6) is -0.404. The molecular formula is C14H21N3O3S. The molecule has 1 aromatic carbocycles. The summed E-state index contributed by atoms with van der Waals surface area (Å²) in [4.78, 5) is 12.0. The Morgan fingerprint density at radius 1 is 1.43 bits per heavy atom. The number of carbonyl (C=O) groups excluding carboxylic acids is 1. The Labute approximate surface area is 125 Å². The molecule has 116 valence electrons. The maximum atomic E-state index is 12.8. The van der Waals surface area contributed by atoms with Crippen molar-refractivity contribution >= 4 is 21.6 Å². The lowest BCUT2D eigenvalue weighted by molar-refractivity contribution is -0.125. The third-order valence-corrected chi connectivity index (χ3v) is 5.95. The number of nitrogens with zero attached hydrogens (tertiary/aromatic N) is 1. The molecule has 0 aromatic heterocycles. The molecule has 0 radical (unpaired) electrons. The van der Waals surface area contributed by atoms with Crippen molar-refractivity contribution in [2.24, 2.45) is 5.92 Å². The zero-order chi connectivity index (χ0) is 15.6. The normalized spacial score (nSPS) is 20.2. The molecule has 6 nitrogen and oxygen atoms in total. The number of amides is 1. The van der Waals surface area contributed by atoms with E-state index in [0.717, 1.165) is 0 Å². The predicted octanol–water partition coefficient (Wildman–Crippen LogP) is 0.724.